The smallest absolute Gasteiger partial charge is 0.0877 e. The van der Waals surface area contributed by atoms with E-state index in [0.29, 0.717) is 6.61 Å². The third-order valence-electron chi connectivity index (χ3n) is 3.19. The zero-order valence-corrected chi connectivity index (χ0v) is 8.91. The fourth-order valence-electron chi connectivity index (χ4n) is 2.24. The highest BCUT2D eigenvalue weighted by atomic mass is 16.5. The topological polar surface area (TPSA) is 46.8 Å². The first-order valence-electron chi connectivity index (χ1n) is 5.54. The highest BCUT2D eigenvalue weighted by Gasteiger charge is 2.27. The van der Waals surface area contributed by atoms with Gasteiger partial charge < -0.3 is 9.84 Å². The normalized spacial score (nSPS) is 22.7. The number of aromatic nitrogens is 2. The van der Waals surface area contributed by atoms with Gasteiger partial charge in [-0.05, 0) is 18.6 Å². The van der Waals surface area contributed by atoms with Crippen molar-refractivity contribution in [2.45, 2.75) is 12.5 Å². The number of rotatable bonds is 2. The number of aliphatic hydroxyl groups is 1. The molecule has 2 aromatic rings. The van der Waals surface area contributed by atoms with Gasteiger partial charge in [-0.25, -0.2) is 4.52 Å². The molecule has 16 heavy (non-hydrogen) atoms. The maximum absolute atomic E-state index is 10.3. The molecule has 0 bridgehead atoms. The van der Waals surface area contributed by atoms with E-state index in [4.69, 9.17) is 4.74 Å². The maximum Gasteiger partial charge on any atom is 0.0877 e. The van der Waals surface area contributed by atoms with Crippen LogP contribution in [0.15, 0.2) is 30.6 Å². The molecule has 1 fully saturated rings. The molecular weight excluding hydrogens is 204 g/mol. The van der Waals surface area contributed by atoms with Gasteiger partial charge in [0.25, 0.3) is 0 Å². The van der Waals surface area contributed by atoms with E-state index in [9.17, 15) is 5.11 Å². The zero-order valence-electron chi connectivity index (χ0n) is 8.91. The summed E-state index contributed by atoms with van der Waals surface area (Å²) in [6, 6.07) is 5.86. The predicted molar refractivity (Wildman–Crippen MR) is 59.1 cm³/mol. The molecule has 0 radical (unpaired) electrons. The van der Waals surface area contributed by atoms with E-state index < -0.39 is 6.10 Å². The summed E-state index contributed by atoms with van der Waals surface area (Å²) >= 11 is 0. The van der Waals surface area contributed by atoms with Crippen LogP contribution in [-0.4, -0.2) is 27.9 Å². The fourth-order valence-corrected chi connectivity index (χ4v) is 2.24. The lowest BCUT2D eigenvalue weighted by molar-refractivity contribution is 0.0928. The highest BCUT2D eigenvalue weighted by Crippen LogP contribution is 2.30. The van der Waals surface area contributed by atoms with E-state index >= 15 is 0 Å². The van der Waals surface area contributed by atoms with Gasteiger partial charge in [-0.1, -0.05) is 6.07 Å². The van der Waals surface area contributed by atoms with Crippen molar-refractivity contribution in [3.05, 3.63) is 36.2 Å². The lowest BCUT2D eigenvalue weighted by atomic mass is 9.96. The largest absolute Gasteiger partial charge is 0.388 e. The molecule has 4 heteroatoms. The molecule has 1 aliphatic heterocycles. The van der Waals surface area contributed by atoms with Crippen molar-refractivity contribution >= 4 is 5.52 Å². The Morgan fingerprint density at radius 1 is 1.50 bits per heavy atom. The average molecular weight is 218 g/mol. The fraction of sp³-hybridized carbons (Fsp3) is 0.417. The lowest BCUT2D eigenvalue weighted by Crippen LogP contribution is -2.12. The van der Waals surface area contributed by atoms with Gasteiger partial charge >= 0.3 is 0 Å². The summed E-state index contributed by atoms with van der Waals surface area (Å²) in [5.41, 5.74) is 1.87. The molecule has 0 saturated carbocycles. The summed E-state index contributed by atoms with van der Waals surface area (Å²) in [4.78, 5) is 0. The number of fused-ring (bicyclic) bond motifs is 1. The second-order valence-corrected chi connectivity index (χ2v) is 4.20. The monoisotopic (exact) mass is 218 g/mol. The summed E-state index contributed by atoms with van der Waals surface area (Å²) in [5, 5.41) is 14.5. The first-order valence-corrected chi connectivity index (χ1v) is 5.54. The molecule has 0 aromatic carbocycles. The van der Waals surface area contributed by atoms with Crippen molar-refractivity contribution in [3.8, 4) is 0 Å². The third kappa shape index (κ3) is 1.50. The van der Waals surface area contributed by atoms with Crippen LogP contribution in [0.5, 0.6) is 0 Å². The van der Waals surface area contributed by atoms with Gasteiger partial charge in [0, 0.05) is 24.3 Å². The van der Waals surface area contributed by atoms with E-state index in [-0.39, 0.29) is 5.92 Å². The molecule has 4 nitrogen and oxygen atoms in total. The molecule has 2 aromatic heterocycles. The van der Waals surface area contributed by atoms with Gasteiger partial charge in [-0.3, -0.25) is 0 Å². The number of hydrogen-bond acceptors (Lipinski definition) is 3. The van der Waals surface area contributed by atoms with Crippen LogP contribution < -0.4 is 0 Å². The van der Waals surface area contributed by atoms with Crippen LogP contribution in [-0.2, 0) is 4.74 Å². The van der Waals surface area contributed by atoms with Crippen molar-refractivity contribution in [2.75, 3.05) is 13.2 Å². The molecule has 0 aliphatic carbocycles. The molecule has 3 rings (SSSR count). The van der Waals surface area contributed by atoms with Crippen molar-refractivity contribution in [2.24, 2.45) is 5.92 Å². The number of pyridine rings is 1. The average Bonchev–Trinajstić information content (AvgIpc) is 2.98. The summed E-state index contributed by atoms with van der Waals surface area (Å²) < 4.78 is 7.09. The standard InChI is InChI=1S/C12H14N2O2/c15-12(9-4-6-16-8-9)10-7-13-14-5-2-1-3-11(10)14/h1-3,5,7,9,12,15H,4,6,8H2. The molecule has 1 saturated heterocycles. The Kier molecular flexibility index (Phi) is 2.38. The van der Waals surface area contributed by atoms with Crippen LogP contribution in [0.1, 0.15) is 18.1 Å². The second kappa shape index (κ2) is 3.88. The lowest BCUT2D eigenvalue weighted by Gasteiger charge is -2.15. The van der Waals surface area contributed by atoms with Crippen LogP contribution in [0.4, 0.5) is 0 Å². The minimum absolute atomic E-state index is 0.202. The Hall–Kier alpha value is -1.39. The van der Waals surface area contributed by atoms with Crippen molar-refractivity contribution < 1.29 is 9.84 Å². The third-order valence-corrected chi connectivity index (χ3v) is 3.19. The number of nitrogens with zero attached hydrogens (tertiary/aromatic N) is 2. The van der Waals surface area contributed by atoms with Gasteiger partial charge in [-0.2, -0.15) is 5.10 Å². The Labute approximate surface area is 93.5 Å². The molecule has 1 aliphatic rings. The molecule has 1 N–H and O–H groups in total. The summed E-state index contributed by atoms with van der Waals surface area (Å²) in [6.07, 6.45) is 4.09. The number of aliphatic hydroxyl groups excluding tert-OH is 1. The first-order chi connectivity index (χ1) is 7.86. The van der Waals surface area contributed by atoms with E-state index in [2.05, 4.69) is 5.10 Å². The van der Waals surface area contributed by atoms with Gasteiger partial charge in [0.1, 0.15) is 0 Å². The summed E-state index contributed by atoms with van der Waals surface area (Å²) in [7, 11) is 0. The van der Waals surface area contributed by atoms with Gasteiger partial charge in [0.2, 0.25) is 0 Å². The van der Waals surface area contributed by atoms with Crippen LogP contribution in [0.25, 0.3) is 5.52 Å². The predicted octanol–water partition coefficient (Wildman–Crippen LogP) is 1.40. The Morgan fingerprint density at radius 2 is 2.44 bits per heavy atom. The molecule has 0 spiro atoms. The molecular formula is C12H14N2O2. The quantitative estimate of drug-likeness (QED) is 0.829. The Balaban J connectivity index is 1.98. The van der Waals surface area contributed by atoms with E-state index in [1.165, 1.54) is 0 Å². The SMILES string of the molecule is OC(c1cnn2ccccc12)C1CCOC1. The zero-order chi connectivity index (χ0) is 11.0. The van der Waals surface area contributed by atoms with Gasteiger partial charge in [-0.15, -0.1) is 0 Å². The summed E-state index contributed by atoms with van der Waals surface area (Å²) in [6.45, 7) is 1.40. The maximum atomic E-state index is 10.3. The van der Waals surface area contributed by atoms with Crippen molar-refractivity contribution in [1.29, 1.82) is 0 Å². The van der Waals surface area contributed by atoms with Crippen molar-refractivity contribution in [3.63, 3.8) is 0 Å². The van der Waals surface area contributed by atoms with Crippen molar-refractivity contribution in [1.82, 2.24) is 9.61 Å². The first kappa shape index (κ1) is 9.81. The van der Waals surface area contributed by atoms with Crippen LogP contribution in [0.2, 0.25) is 0 Å². The number of hydrogen-bond donors (Lipinski definition) is 1. The summed E-state index contributed by atoms with van der Waals surface area (Å²) in [5.74, 6) is 0.202. The van der Waals surface area contributed by atoms with E-state index in [0.717, 1.165) is 24.1 Å². The van der Waals surface area contributed by atoms with Crippen LogP contribution >= 0.6 is 0 Å². The number of ether oxygens (including phenoxy) is 1. The molecule has 2 atom stereocenters. The Bertz CT molecular complexity index is 488. The minimum Gasteiger partial charge on any atom is -0.388 e. The minimum atomic E-state index is -0.470. The van der Waals surface area contributed by atoms with Gasteiger partial charge in [0.05, 0.1) is 24.4 Å². The van der Waals surface area contributed by atoms with Gasteiger partial charge in [0.15, 0.2) is 0 Å². The van der Waals surface area contributed by atoms with Crippen LogP contribution in [0, 0.1) is 5.92 Å². The van der Waals surface area contributed by atoms with E-state index in [1.54, 1.807) is 10.7 Å². The molecule has 0 amide bonds. The van der Waals surface area contributed by atoms with E-state index in [1.807, 2.05) is 24.4 Å². The Morgan fingerprint density at radius 3 is 3.25 bits per heavy atom. The van der Waals surface area contributed by atoms with Crippen LogP contribution in [0.3, 0.4) is 0 Å². The molecule has 2 unspecified atom stereocenters. The molecule has 3 heterocycles. The molecule has 84 valence electrons. The second-order valence-electron chi connectivity index (χ2n) is 4.20. The highest BCUT2D eigenvalue weighted by molar-refractivity contribution is 5.54.